The first-order valence-corrected chi connectivity index (χ1v) is 8.29. The molecule has 1 N–H and O–H groups in total. The van der Waals surface area contributed by atoms with Crippen LogP contribution in [0, 0.1) is 6.92 Å². The standard InChI is InChI=1S/C20H23NO2/c1-14-8-3-6-12-18(14)21-20(22)15(2)23-19-13-7-10-16-9-4-5-11-17(16)19/h3,6-8,10,12-13,15H,4-5,9,11H2,1-2H3,(H,21,22)/t15-/m0/s1. The summed E-state index contributed by atoms with van der Waals surface area (Å²) in [4.78, 5) is 12.4. The minimum atomic E-state index is -0.525. The van der Waals surface area contributed by atoms with Crippen molar-refractivity contribution in [2.24, 2.45) is 0 Å². The second-order valence-corrected chi connectivity index (χ2v) is 6.17. The Hall–Kier alpha value is -2.29. The van der Waals surface area contributed by atoms with Gasteiger partial charge in [0.25, 0.3) is 5.91 Å². The van der Waals surface area contributed by atoms with E-state index in [1.807, 2.05) is 43.3 Å². The van der Waals surface area contributed by atoms with E-state index in [0.717, 1.165) is 29.8 Å². The van der Waals surface area contributed by atoms with Crippen LogP contribution < -0.4 is 10.1 Å². The fraction of sp³-hybridized carbons (Fsp3) is 0.350. The van der Waals surface area contributed by atoms with Crippen LogP contribution in [-0.2, 0) is 17.6 Å². The minimum Gasteiger partial charge on any atom is -0.481 e. The predicted octanol–water partition coefficient (Wildman–Crippen LogP) is 4.28. The molecule has 1 aliphatic rings. The number of hydrogen-bond acceptors (Lipinski definition) is 2. The van der Waals surface area contributed by atoms with Crippen molar-refractivity contribution < 1.29 is 9.53 Å². The molecule has 1 atom stereocenters. The zero-order chi connectivity index (χ0) is 16.2. The Morgan fingerprint density at radius 3 is 2.70 bits per heavy atom. The molecule has 23 heavy (non-hydrogen) atoms. The van der Waals surface area contributed by atoms with Crippen LogP contribution in [0.4, 0.5) is 5.69 Å². The lowest BCUT2D eigenvalue weighted by Crippen LogP contribution is -2.30. The maximum absolute atomic E-state index is 12.4. The first-order chi connectivity index (χ1) is 11.1. The number of benzene rings is 2. The third kappa shape index (κ3) is 3.55. The smallest absolute Gasteiger partial charge is 0.265 e. The maximum atomic E-state index is 12.4. The van der Waals surface area contributed by atoms with E-state index in [1.54, 1.807) is 6.92 Å². The van der Waals surface area contributed by atoms with Gasteiger partial charge >= 0.3 is 0 Å². The number of nitrogens with one attached hydrogen (secondary N) is 1. The number of aryl methyl sites for hydroxylation is 2. The number of hydrogen-bond donors (Lipinski definition) is 1. The van der Waals surface area contributed by atoms with Crippen LogP contribution in [0.15, 0.2) is 42.5 Å². The number of rotatable bonds is 4. The Labute approximate surface area is 137 Å². The molecule has 1 amide bonds. The van der Waals surface area contributed by atoms with Crippen molar-refractivity contribution in [1.82, 2.24) is 0 Å². The van der Waals surface area contributed by atoms with Crippen molar-refractivity contribution in [3.63, 3.8) is 0 Å². The first-order valence-electron chi connectivity index (χ1n) is 8.29. The summed E-state index contributed by atoms with van der Waals surface area (Å²) in [5.41, 5.74) is 4.52. The average molecular weight is 309 g/mol. The minimum absolute atomic E-state index is 0.118. The van der Waals surface area contributed by atoms with Crippen LogP contribution >= 0.6 is 0 Å². The summed E-state index contributed by atoms with van der Waals surface area (Å²) in [5, 5.41) is 2.95. The Bertz CT molecular complexity index is 709. The van der Waals surface area contributed by atoms with Crippen molar-refractivity contribution in [3.05, 3.63) is 59.2 Å². The average Bonchev–Trinajstić information content (AvgIpc) is 2.57. The van der Waals surface area contributed by atoms with Gasteiger partial charge in [-0.05, 0) is 68.4 Å². The lowest BCUT2D eigenvalue weighted by molar-refractivity contribution is -0.122. The highest BCUT2D eigenvalue weighted by Crippen LogP contribution is 2.30. The Morgan fingerprint density at radius 1 is 1.09 bits per heavy atom. The van der Waals surface area contributed by atoms with Crippen LogP contribution in [0.5, 0.6) is 5.75 Å². The van der Waals surface area contributed by atoms with Crippen LogP contribution in [-0.4, -0.2) is 12.0 Å². The number of para-hydroxylation sites is 1. The van der Waals surface area contributed by atoms with Crippen molar-refractivity contribution in [3.8, 4) is 5.75 Å². The highest BCUT2D eigenvalue weighted by atomic mass is 16.5. The van der Waals surface area contributed by atoms with E-state index in [2.05, 4.69) is 11.4 Å². The summed E-state index contributed by atoms with van der Waals surface area (Å²) in [6.07, 6.45) is 4.05. The van der Waals surface area contributed by atoms with E-state index in [-0.39, 0.29) is 5.91 Å². The highest BCUT2D eigenvalue weighted by Gasteiger charge is 2.19. The lowest BCUT2D eigenvalue weighted by Gasteiger charge is -2.22. The molecule has 0 fully saturated rings. The normalized spacial score (nSPS) is 14.7. The summed E-state index contributed by atoms with van der Waals surface area (Å²) in [6, 6.07) is 13.9. The molecule has 0 saturated carbocycles. The third-order valence-electron chi connectivity index (χ3n) is 4.43. The zero-order valence-electron chi connectivity index (χ0n) is 13.8. The number of anilines is 1. The molecule has 120 valence electrons. The summed E-state index contributed by atoms with van der Waals surface area (Å²) in [7, 11) is 0. The summed E-state index contributed by atoms with van der Waals surface area (Å²) in [6.45, 7) is 3.78. The molecule has 3 nitrogen and oxygen atoms in total. The molecule has 3 rings (SSSR count). The van der Waals surface area contributed by atoms with Gasteiger partial charge in [-0.2, -0.15) is 0 Å². The predicted molar refractivity (Wildman–Crippen MR) is 93.0 cm³/mol. The second-order valence-electron chi connectivity index (χ2n) is 6.17. The Balaban J connectivity index is 1.71. The zero-order valence-corrected chi connectivity index (χ0v) is 13.8. The van der Waals surface area contributed by atoms with Gasteiger partial charge in [-0.3, -0.25) is 4.79 Å². The van der Waals surface area contributed by atoms with E-state index in [0.29, 0.717) is 0 Å². The van der Waals surface area contributed by atoms with Gasteiger partial charge in [0.2, 0.25) is 0 Å². The molecule has 0 aliphatic heterocycles. The molecule has 2 aromatic carbocycles. The largest absolute Gasteiger partial charge is 0.481 e. The van der Waals surface area contributed by atoms with Crippen LogP contribution in [0.2, 0.25) is 0 Å². The van der Waals surface area contributed by atoms with Gasteiger partial charge in [0, 0.05) is 5.69 Å². The van der Waals surface area contributed by atoms with E-state index in [1.165, 1.54) is 24.0 Å². The highest BCUT2D eigenvalue weighted by molar-refractivity contribution is 5.94. The Morgan fingerprint density at radius 2 is 1.87 bits per heavy atom. The number of amides is 1. The quantitative estimate of drug-likeness (QED) is 0.915. The van der Waals surface area contributed by atoms with Gasteiger partial charge in [-0.15, -0.1) is 0 Å². The molecule has 1 aliphatic carbocycles. The molecule has 0 bridgehead atoms. The fourth-order valence-corrected chi connectivity index (χ4v) is 3.05. The second kappa shape index (κ2) is 6.86. The first kappa shape index (κ1) is 15.6. The van der Waals surface area contributed by atoms with E-state index >= 15 is 0 Å². The van der Waals surface area contributed by atoms with Gasteiger partial charge in [-0.1, -0.05) is 30.3 Å². The SMILES string of the molecule is Cc1ccccc1NC(=O)[C@H](C)Oc1cccc2c1CCCC2. The molecule has 0 aromatic heterocycles. The van der Waals surface area contributed by atoms with Gasteiger partial charge < -0.3 is 10.1 Å². The van der Waals surface area contributed by atoms with Gasteiger partial charge in [0.15, 0.2) is 6.10 Å². The number of carbonyl (C=O) groups is 1. The van der Waals surface area contributed by atoms with E-state index in [4.69, 9.17) is 4.74 Å². The van der Waals surface area contributed by atoms with Crippen LogP contribution in [0.25, 0.3) is 0 Å². The monoisotopic (exact) mass is 309 g/mol. The molecule has 0 spiro atoms. The fourth-order valence-electron chi connectivity index (χ4n) is 3.05. The number of fused-ring (bicyclic) bond motifs is 1. The van der Waals surface area contributed by atoms with Crippen molar-refractivity contribution in [2.75, 3.05) is 5.32 Å². The summed E-state index contributed by atoms with van der Waals surface area (Å²) >= 11 is 0. The van der Waals surface area contributed by atoms with Crippen molar-refractivity contribution in [1.29, 1.82) is 0 Å². The maximum Gasteiger partial charge on any atom is 0.265 e. The molecule has 2 aromatic rings. The Kier molecular flexibility index (Phi) is 4.65. The van der Waals surface area contributed by atoms with Gasteiger partial charge in [-0.25, -0.2) is 0 Å². The number of ether oxygens (including phenoxy) is 1. The molecule has 0 saturated heterocycles. The topological polar surface area (TPSA) is 38.3 Å². The van der Waals surface area contributed by atoms with Crippen LogP contribution in [0.3, 0.4) is 0 Å². The third-order valence-corrected chi connectivity index (χ3v) is 4.43. The molecule has 0 heterocycles. The van der Waals surface area contributed by atoms with E-state index < -0.39 is 6.10 Å². The molecular formula is C20H23NO2. The summed E-state index contributed by atoms with van der Waals surface area (Å²) in [5.74, 6) is 0.738. The molecule has 0 radical (unpaired) electrons. The van der Waals surface area contributed by atoms with Gasteiger partial charge in [0.05, 0.1) is 0 Å². The van der Waals surface area contributed by atoms with Crippen LogP contribution in [0.1, 0.15) is 36.5 Å². The van der Waals surface area contributed by atoms with E-state index in [9.17, 15) is 4.79 Å². The molecule has 0 unspecified atom stereocenters. The molecular weight excluding hydrogens is 286 g/mol. The van der Waals surface area contributed by atoms with Gasteiger partial charge in [0.1, 0.15) is 5.75 Å². The molecule has 3 heteroatoms. The van der Waals surface area contributed by atoms with Crippen molar-refractivity contribution >= 4 is 11.6 Å². The lowest BCUT2D eigenvalue weighted by atomic mass is 9.91. The number of carbonyl (C=O) groups excluding carboxylic acids is 1. The van der Waals surface area contributed by atoms with Crippen molar-refractivity contribution in [2.45, 2.75) is 45.6 Å². The summed E-state index contributed by atoms with van der Waals surface area (Å²) < 4.78 is 5.97.